The van der Waals surface area contributed by atoms with E-state index in [0.29, 0.717) is 17.1 Å². The van der Waals surface area contributed by atoms with Gasteiger partial charge in [-0.15, -0.1) is 10.2 Å². The Bertz CT molecular complexity index is 765. The highest BCUT2D eigenvalue weighted by Crippen LogP contribution is 2.46. The first-order valence-electron chi connectivity index (χ1n) is 8.19. The van der Waals surface area contributed by atoms with Crippen molar-refractivity contribution in [2.45, 2.75) is 43.9 Å². The summed E-state index contributed by atoms with van der Waals surface area (Å²) in [6.07, 6.45) is 6.18. The number of nitrogens with zero attached hydrogens (tertiary/aromatic N) is 2. The topological polar surface area (TPSA) is 75.1 Å². The largest absolute Gasteiger partial charge is 0.507 e. The fourth-order valence-electron chi connectivity index (χ4n) is 3.85. The SMILES string of the molecule is O=C1Nc2nnc(-c3ccccc3O)cc2C12CCCCCC2. The van der Waals surface area contributed by atoms with E-state index in [-0.39, 0.29) is 11.7 Å². The Kier molecular flexibility index (Phi) is 3.29. The average Bonchev–Trinajstić information content (AvgIpc) is 2.72. The highest BCUT2D eigenvalue weighted by molar-refractivity contribution is 6.05. The Labute approximate surface area is 134 Å². The number of rotatable bonds is 1. The highest BCUT2D eigenvalue weighted by atomic mass is 16.3. The van der Waals surface area contributed by atoms with Crippen molar-refractivity contribution in [2.24, 2.45) is 0 Å². The molecule has 1 spiro atoms. The smallest absolute Gasteiger partial charge is 0.236 e. The summed E-state index contributed by atoms with van der Waals surface area (Å²) in [5, 5.41) is 21.4. The van der Waals surface area contributed by atoms with Crippen molar-refractivity contribution in [3.63, 3.8) is 0 Å². The first-order chi connectivity index (χ1) is 11.2. The minimum Gasteiger partial charge on any atom is -0.507 e. The summed E-state index contributed by atoms with van der Waals surface area (Å²) >= 11 is 0. The summed E-state index contributed by atoms with van der Waals surface area (Å²) in [5.74, 6) is 0.808. The van der Waals surface area contributed by atoms with Gasteiger partial charge in [-0.1, -0.05) is 37.8 Å². The molecule has 0 unspecified atom stereocenters. The van der Waals surface area contributed by atoms with E-state index >= 15 is 0 Å². The zero-order chi connectivity index (χ0) is 15.9. The van der Waals surface area contributed by atoms with Gasteiger partial charge >= 0.3 is 0 Å². The summed E-state index contributed by atoms with van der Waals surface area (Å²) in [5.41, 5.74) is 1.73. The number of hydrogen-bond acceptors (Lipinski definition) is 4. The van der Waals surface area contributed by atoms with Gasteiger partial charge in [-0.25, -0.2) is 0 Å². The molecule has 0 atom stereocenters. The number of amides is 1. The van der Waals surface area contributed by atoms with Crippen LogP contribution in [0.25, 0.3) is 11.3 Å². The number of aromatic nitrogens is 2. The van der Waals surface area contributed by atoms with Gasteiger partial charge in [0.05, 0.1) is 11.1 Å². The maximum Gasteiger partial charge on any atom is 0.236 e. The van der Waals surface area contributed by atoms with Crippen LogP contribution < -0.4 is 5.32 Å². The molecule has 1 aromatic heterocycles. The molecule has 0 radical (unpaired) electrons. The molecule has 118 valence electrons. The van der Waals surface area contributed by atoms with Gasteiger partial charge in [0, 0.05) is 11.1 Å². The van der Waals surface area contributed by atoms with Gasteiger partial charge < -0.3 is 10.4 Å². The molecule has 5 nitrogen and oxygen atoms in total. The summed E-state index contributed by atoms with van der Waals surface area (Å²) < 4.78 is 0. The van der Waals surface area contributed by atoms with Crippen LogP contribution in [0.5, 0.6) is 5.75 Å². The van der Waals surface area contributed by atoms with Crippen LogP contribution in [0, 0.1) is 0 Å². The van der Waals surface area contributed by atoms with Gasteiger partial charge in [-0.3, -0.25) is 4.79 Å². The minimum absolute atomic E-state index is 0.0538. The molecule has 1 fully saturated rings. The summed E-state index contributed by atoms with van der Waals surface area (Å²) in [6.45, 7) is 0. The van der Waals surface area contributed by atoms with Crippen molar-refractivity contribution in [1.82, 2.24) is 10.2 Å². The molecule has 5 heteroatoms. The number of nitrogens with one attached hydrogen (secondary N) is 1. The maximum absolute atomic E-state index is 12.6. The molecule has 2 aliphatic rings. The quantitative estimate of drug-likeness (QED) is 0.846. The zero-order valence-electron chi connectivity index (χ0n) is 12.9. The first-order valence-corrected chi connectivity index (χ1v) is 8.19. The van der Waals surface area contributed by atoms with Crippen LogP contribution >= 0.6 is 0 Å². The zero-order valence-corrected chi connectivity index (χ0v) is 12.9. The van der Waals surface area contributed by atoms with Crippen molar-refractivity contribution >= 4 is 11.7 Å². The predicted molar refractivity (Wildman–Crippen MR) is 87.1 cm³/mol. The fraction of sp³-hybridized carbons (Fsp3) is 0.389. The van der Waals surface area contributed by atoms with Crippen molar-refractivity contribution < 1.29 is 9.90 Å². The lowest BCUT2D eigenvalue weighted by Crippen LogP contribution is -2.33. The van der Waals surface area contributed by atoms with Crippen molar-refractivity contribution in [3.8, 4) is 17.0 Å². The number of carbonyl (C=O) groups is 1. The number of anilines is 1. The monoisotopic (exact) mass is 309 g/mol. The lowest BCUT2D eigenvalue weighted by atomic mass is 9.75. The number of hydrogen-bond donors (Lipinski definition) is 2. The molecule has 2 heterocycles. The van der Waals surface area contributed by atoms with E-state index in [4.69, 9.17) is 0 Å². The molecule has 2 aromatic rings. The van der Waals surface area contributed by atoms with Crippen molar-refractivity contribution in [1.29, 1.82) is 0 Å². The molecule has 23 heavy (non-hydrogen) atoms. The Morgan fingerprint density at radius 2 is 1.78 bits per heavy atom. The minimum atomic E-state index is -0.471. The Hall–Kier alpha value is -2.43. The normalized spacial score (nSPS) is 19.2. The highest BCUT2D eigenvalue weighted by Gasteiger charge is 2.47. The van der Waals surface area contributed by atoms with E-state index in [2.05, 4.69) is 15.5 Å². The first kappa shape index (κ1) is 14.2. The molecule has 4 rings (SSSR count). The molecule has 1 amide bonds. The fourth-order valence-corrected chi connectivity index (χ4v) is 3.85. The third-order valence-corrected chi connectivity index (χ3v) is 5.11. The molecule has 2 N–H and O–H groups in total. The lowest BCUT2D eigenvalue weighted by Gasteiger charge is -2.25. The van der Waals surface area contributed by atoms with Crippen LogP contribution in [0.3, 0.4) is 0 Å². The van der Waals surface area contributed by atoms with Gasteiger partial charge in [-0.05, 0) is 31.0 Å². The third kappa shape index (κ3) is 2.19. The second-order valence-corrected chi connectivity index (χ2v) is 6.46. The van der Waals surface area contributed by atoms with Crippen LogP contribution in [-0.4, -0.2) is 21.2 Å². The van der Waals surface area contributed by atoms with E-state index < -0.39 is 5.41 Å². The summed E-state index contributed by atoms with van der Waals surface area (Å²) in [4.78, 5) is 12.6. The molecule has 0 saturated heterocycles. The number of benzene rings is 1. The van der Waals surface area contributed by atoms with Crippen LogP contribution in [0.1, 0.15) is 44.1 Å². The molecule has 1 aliphatic heterocycles. The summed E-state index contributed by atoms with van der Waals surface area (Å²) in [7, 11) is 0. The molecule has 1 aromatic carbocycles. The van der Waals surface area contributed by atoms with Gasteiger partial charge in [0.15, 0.2) is 5.82 Å². The van der Waals surface area contributed by atoms with Crippen LogP contribution in [0.15, 0.2) is 30.3 Å². The van der Waals surface area contributed by atoms with Crippen LogP contribution in [0.2, 0.25) is 0 Å². The average molecular weight is 309 g/mol. The lowest BCUT2D eigenvalue weighted by molar-refractivity contribution is -0.121. The standard InChI is InChI=1S/C18H19N3O2/c22-15-8-4-3-7-12(15)14-11-13-16(21-20-14)19-17(23)18(13)9-5-1-2-6-10-18/h3-4,7-8,11,22H,1-2,5-6,9-10H2,(H,19,21,23). The van der Waals surface area contributed by atoms with Crippen LogP contribution in [0.4, 0.5) is 5.82 Å². The predicted octanol–water partition coefficient (Wildman–Crippen LogP) is 3.39. The van der Waals surface area contributed by atoms with Crippen molar-refractivity contribution in [2.75, 3.05) is 5.32 Å². The van der Waals surface area contributed by atoms with E-state index in [9.17, 15) is 9.90 Å². The Balaban J connectivity index is 1.84. The Morgan fingerprint density at radius 3 is 2.52 bits per heavy atom. The van der Waals surface area contributed by atoms with Crippen LogP contribution in [-0.2, 0) is 10.2 Å². The molecule has 0 bridgehead atoms. The van der Waals surface area contributed by atoms with E-state index in [1.54, 1.807) is 12.1 Å². The molecule has 1 saturated carbocycles. The molecular formula is C18H19N3O2. The number of phenols is 1. The number of phenolic OH excluding ortho intramolecular Hbond substituents is 1. The third-order valence-electron chi connectivity index (χ3n) is 5.11. The second-order valence-electron chi connectivity index (χ2n) is 6.46. The number of aromatic hydroxyl groups is 1. The van der Waals surface area contributed by atoms with Crippen molar-refractivity contribution in [3.05, 3.63) is 35.9 Å². The van der Waals surface area contributed by atoms with Gasteiger partial charge in [0.1, 0.15) is 5.75 Å². The van der Waals surface area contributed by atoms with Gasteiger partial charge in [0.25, 0.3) is 0 Å². The number of carbonyl (C=O) groups excluding carboxylic acids is 1. The van der Waals surface area contributed by atoms with Gasteiger partial charge in [0.2, 0.25) is 5.91 Å². The maximum atomic E-state index is 12.6. The van der Waals surface area contributed by atoms with Gasteiger partial charge in [-0.2, -0.15) is 0 Å². The Morgan fingerprint density at radius 1 is 1.04 bits per heavy atom. The molecular weight excluding hydrogens is 290 g/mol. The van der Waals surface area contributed by atoms with E-state index in [1.807, 2.05) is 18.2 Å². The van der Waals surface area contributed by atoms with E-state index in [1.165, 1.54) is 12.8 Å². The molecule has 1 aliphatic carbocycles. The second kappa shape index (κ2) is 5.33. The van der Waals surface area contributed by atoms with E-state index in [0.717, 1.165) is 31.2 Å². The number of para-hydroxylation sites is 1. The summed E-state index contributed by atoms with van der Waals surface area (Å²) in [6, 6.07) is 9.01. The number of fused-ring (bicyclic) bond motifs is 2.